The van der Waals surface area contributed by atoms with Gasteiger partial charge in [-0.25, -0.2) is 4.98 Å². The van der Waals surface area contributed by atoms with Crippen LogP contribution < -0.4 is 4.74 Å². The molecular weight excluding hydrogens is 409 g/mol. The number of nitrogens with zero attached hydrogens (tertiary/aromatic N) is 1. The minimum atomic E-state index is -0.822. The van der Waals surface area contributed by atoms with Crippen molar-refractivity contribution in [2.45, 2.75) is 37.7 Å². The van der Waals surface area contributed by atoms with Crippen LogP contribution in [0.25, 0.3) is 11.5 Å². The molecule has 7 heteroatoms. The van der Waals surface area contributed by atoms with Crippen molar-refractivity contribution in [3.8, 4) is 17.2 Å². The van der Waals surface area contributed by atoms with E-state index in [2.05, 4.69) is 4.98 Å². The van der Waals surface area contributed by atoms with Crippen molar-refractivity contribution in [3.05, 3.63) is 71.6 Å². The Kier molecular flexibility index (Phi) is 9.04. The summed E-state index contributed by atoms with van der Waals surface area (Å²) in [5, 5.41) is 9.24. The Hall–Kier alpha value is -1.73. The first-order valence-corrected chi connectivity index (χ1v) is 10.4. The van der Waals surface area contributed by atoms with E-state index in [-0.39, 0.29) is 29.6 Å². The number of hydrogen-bond donors (Lipinski definition) is 1. The number of carboxylic acid groups (broad SMARTS) is 1. The van der Waals surface area contributed by atoms with Crippen molar-refractivity contribution in [2.24, 2.45) is 0 Å². The summed E-state index contributed by atoms with van der Waals surface area (Å²) >= 11 is 1.39. The van der Waals surface area contributed by atoms with Crippen molar-refractivity contribution >= 4 is 47.3 Å². The predicted molar refractivity (Wildman–Crippen MR) is 122 cm³/mol. The van der Waals surface area contributed by atoms with Gasteiger partial charge in [-0.3, -0.25) is 4.79 Å². The number of oxazole rings is 1. The van der Waals surface area contributed by atoms with Crippen LogP contribution in [0.5, 0.6) is 5.75 Å². The molecule has 0 unspecified atom stereocenters. The van der Waals surface area contributed by atoms with E-state index in [1.807, 2.05) is 61.5 Å². The third-order valence-electron chi connectivity index (χ3n) is 4.53. The maximum atomic E-state index is 11.2. The van der Waals surface area contributed by atoms with Gasteiger partial charge < -0.3 is 14.3 Å². The molecular formula is C23H26NNaO4S. The molecule has 154 valence electrons. The summed E-state index contributed by atoms with van der Waals surface area (Å²) in [4.78, 5) is 15.8. The number of benzene rings is 2. The zero-order chi connectivity index (χ0) is 20.9. The van der Waals surface area contributed by atoms with Crippen molar-refractivity contribution in [3.63, 3.8) is 0 Å². The van der Waals surface area contributed by atoms with Gasteiger partial charge >= 0.3 is 35.5 Å². The van der Waals surface area contributed by atoms with Crippen LogP contribution in [0.15, 0.2) is 59.0 Å². The van der Waals surface area contributed by atoms with Gasteiger partial charge in [0.25, 0.3) is 0 Å². The molecule has 0 aliphatic heterocycles. The number of rotatable bonds is 9. The Morgan fingerprint density at radius 1 is 1.17 bits per heavy atom. The van der Waals surface area contributed by atoms with Gasteiger partial charge in [0.1, 0.15) is 16.3 Å². The van der Waals surface area contributed by atoms with Crippen LogP contribution in [0, 0.1) is 6.92 Å². The first-order chi connectivity index (χ1) is 13.8. The fourth-order valence-electron chi connectivity index (χ4n) is 2.68. The van der Waals surface area contributed by atoms with E-state index in [1.165, 1.54) is 11.8 Å². The molecule has 0 bridgehead atoms. The molecule has 0 aliphatic rings. The van der Waals surface area contributed by atoms with Gasteiger partial charge in [0.2, 0.25) is 5.89 Å². The van der Waals surface area contributed by atoms with Gasteiger partial charge in [-0.1, -0.05) is 30.3 Å². The number of thioether (sulfide) groups is 1. The predicted octanol–water partition coefficient (Wildman–Crippen LogP) is 4.72. The number of aliphatic carboxylic acids is 1. The molecule has 5 nitrogen and oxygen atoms in total. The Balaban J connectivity index is 0.00000320. The average Bonchev–Trinajstić information content (AvgIpc) is 3.08. The molecule has 0 saturated heterocycles. The number of hydrogen-bond acceptors (Lipinski definition) is 5. The number of ether oxygens (including phenoxy) is 1. The SMILES string of the molecule is Cc1oc(-c2ccccc2)nc1CCOc1cccc(CSC(C)(C)C(=O)O)c1.[NaH]. The molecule has 3 aromatic rings. The summed E-state index contributed by atoms with van der Waals surface area (Å²) in [5.41, 5.74) is 2.88. The number of aryl methyl sites for hydroxylation is 1. The van der Waals surface area contributed by atoms with Gasteiger partial charge in [-0.05, 0) is 50.6 Å². The summed E-state index contributed by atoms with van der Waals surface area (Å²) < 4.78 is 10.9. The molecule has 0 radical (unpaired) electrons. The third kappa shape index (κ3) is 6.64. The zero-order valence-electron chi connectivity index (χ0n) is 16.8. The van der Waals surface area contributed by atoms with E-state index in [9.17, 15) is 9.90 Å². The Labute approximate surface area is 203 Å². The van der Waals surface area contributed by atoms with Crippen molar-refractivity contribution < 1.29 is 19.1 Å². The van der Waals surface area contributed by atoms with Crippen LogP contribution in [0.2, 0.25) is 0 Å². The Morgan fingerprint density at radius 2 is 1.90 bits per heavy atom. The molecule has 30 heavy (non-hydrogen) atoms. The minimum absolute atomic E-state index is 0. The Morgan fingerprint density at radius 3 is 2.60 bits per heavy atom. The molecule has 1 aromatic heterocycles. The molecule has 3 rings (SSSR count). The molecule has 0 amide bonds. The van der Waals surface area contributed by atoms with E-state index in [0.717, 1.165) is 28.3 Å². The second kappa shape index (κ2) is 11.0. The normalized spacial score (nSPS) is 11.0. The summed E-state index contributed by atoms with van der Waals surface area (Å²) in [7, 11) is 0. The van der Waals surface area contributed by atoms with E-state index in [1.54, 1.807) is 13.8 Å². The molecule has 0 fully saturated rings. The number of carbonyl (C=O) groups is 1. The third-order valence-corrected chi connectivity index (χ3v) is 5.91. The summed E-state index contributed by atoms with van der Waals surface area (Å²) in [6.07, 6.45) is 0.646. The van der Waals surface area contributed by atoms with Crippen LogP contribution >= 0.6 is 11.8 Å². The van der Waals surface area contributed by atoms with Crippen LogP contribution in [-0.2, 0) is 17.0 Å². The molecule has 0 spiro atoms. The Bertz CT molecular complexity index is 972. The zero-order valence-corrected chi connectivity index (χ0v) is 17.7. The van der Waals surface area contributed by atoms with E-state index in [4.69, 9.17) is 9.15 Å². The van der Waals surface area contributed by atoms with Gasteiger partial charge in [-0.15, -0.1) is 11.8 Å². The number of aromatic nitrogens is 1. The van der Waals surface area contributed by atoms with Gasteiger partial charge in [0, 0.05) is 17.7 Å². The summed E-state index contributed by atoms with van der Waals surface area (Å²) in [5.74, 6) is 1.99. The fraction of sp³-hybridized carbons (Fsp3) is 0.304. The topological polar surface area (TPSA) is 72.6 Å². The van der Waals surface area contributed by atoms with Crippen molar-refractivity contribution in [1.29, 1.82) is 0 Å². The molecule has 0 atom stereocenters. The molecule has 2 aromatic carbocycles. The first-order valence-electron chi connectivity index (χ1n) is 9.46. The van der Waals surface area contributed by atoms with E-state index in [0.29, 0.717) is 24.7 Å². The quantitative estimate of drug-likeness (QED) is 0.491. The van der Waals surface area contributed by atoms with Gasteiger partial charge in [0.15, 0.2) is 0 Å². The molecule has 0 saturated carbocycles. The molecule has 0 aliphatic carbocycles. The van der Waals surface area contributed by atoms with Gasteiger partial charge in [-0.2, -0.15) is 0 Å². The van der Waals surface area contributed by atoms with E-state index < -0.39 is 10.7 Å². The maximum absolute atomic E-state index is 11.2. The second-order valence-electron chi connectivity index (χ2n) is 7.24. The second-order valence-corrected chi connectivity index (χ2v) is 8.84. The first kappa shape index (κ1) is 24.5. The van der Waals surface area contributed by atoms with Crippen LogP contribution in [-0.4, -0.2) is 57.0 Å². The van der Waals surface area contributed by atoms with Crippen LogP contribution in [0.4, 0.5) is 0 Å². The fourth-order valence-corrected chi connectivity index (χ4v) is 3.51. The van der Waals surface area contributed by atoms with Gasteiger partial charge in [0.05, 0.1) is 12.3 Å². The summed E-state index contributed by atoms with van der Waals surface area (Å²) in [6.45, 7) is 5.82. The summed E-state index contributed by atoms with van der Waals surface area (Å²) in [6, 6.07) is 17.6. The van der Waals surface area contributed by atoms with E-state index >= 15 is 0 Å². The number of carboxylic acids is 1. The molecule has 1 N–H and O–H groups in total. The van der Waals surface area contributed by atoms with Crippen LogP contribution in [0.3, 0.4) is 0 Å². The average molecular weight is 436 g/mol. The van der Waals surface area contributed by atoms with Crippen LogP contribution in [0.1, 0.15) is 30.9 Å². The molecule has 1 heterocycles. The van der Waals surface area contributed by atoms with Crippen molar-refractivity contribution in [1.82, 2.24) is 4.98 Å². The standard InChI is InChI=1S/C23H25NO4S.Na.H/c1-16-20(24-21(28-16)18-9-5-4-6-10-18)12-13-27-19-11-7-8-17(14-19)15-29-23(2,3)22(25)26;;/h4-11,14H,12-13,15H2,1-3H3,(H,25,26);;. The van der Waals surface area contributed by atoms with Crippen molar-refractivity contribution in [2.75, 3.05) is 6.61 Å². The monoisotopic (exact) mass is 435 g/mol.